The Kier molecular flexibility index (Phi) is 11.9. The number of nitrogens with zero attached hydrogens (tertiary/aromatic N) is 3. The van der Waals surface area contributed by atoms with Gasteiger partial charge in [0.2, 0.25) is 5.43 Å². The van der Waals surface area contributed by atoms with Crippen molar-refractivity contribution in [3.8, 4) is 17.2 Å². The first-order valence-electron chi connectivity index (χ1n) is 16.7. The minimum Gasteiger partial charge on any atom is -0.494 e. The summed E-state index contributed by atoms with van der Waals surface area (Å²) in [5, 5.41) is 0.311. The largest absolute Gasteiger partial charge is 0.494 e. The Hall–Kier alpha value is -5.05. The van der Waals surface area contributed by atoms with Gasteiger partial charge in [-0.25, -0.2) is 13.3 Å². The Morgan fingerprint density at radius 3 is 2.25 bits per heavy atom. The number of rotatable bonds is 16. The summed E-state index contributed by atoms with van der Waals surface area (Å²) in [5.41, 5.74) is 0.640. The van der Waals surface area contributed by atoms with Crippen LogP contribution in [-0.4, -0.2) is 30.2 Å². The molecular weight excluding hydrogens is 612 g/mol. The summed E-state index contributed by atoms with van der Waals surface area (Å²) >= 11 is 0. The summed E-state index contributed by atoms with van der Waals surface area (Å²) in [6.45, 7) is 5.89. The van der Waals surface area contributed by atoms with E-state index in [9.17, 15) is 18.4 Å². The smallest absolute Gasteiger partial charge is 0.263 e. The van der Waals surface area contributed by atoms with Gasteiger partial charge in [-0.1, -0.05) is 31.9 Å². The molecule has 2 aromatic heterocycles. The molecule has 0 spiro atoms. The minimum atomic E-state index is -0.814. The molecule has 2 heterocycles. The van der Waals surface area contributed by atoms with Gasteiger partial charge in [-0.3, -0.25) is 9.59 Å². The molecule has 250 valence electrons. The molecule has 48 heavy (non-hydrogen) atoms. The molecule has 9 heteroatoms. The van der Waals surface area contributed by atoms with E-state index in [-0.39, 0.29) is 17.8 Å². The molecule has 0 N–H and O–H groups in total. The van der Waals surface area contributed by atoms with Crippen LogP contribution in [0, 0.1) is 11.6 Å². The zero-order valence-corrected chi connectivity index (χ0v) is 27.5. The van der Waals surface area contributed by atoms with E-state index in [4.69, 9.17) is 9.47 Å². The summed E-state index contributed by atoms with van der Waals surface area (Å²) < 4.78 is 44.1. The lowest BCUT2D eigenvalue weighted by Gasteiger charge is -2.22. The van der Waals surface area contributed by atoms with Crippen LogP contribution in [0.5, 0.6) is 11.5 Å². The van der Waals surface area contributed by atoms with Gasteiger partial charge in [-0.05, 0) is 62.6 Å². The number of fused-ring (bicyclic) bond motifs is 1. The molecule has 5 aromatic rings. The van der Waals surface area contributed by atoms with Crippen LogP contribution in [0.1, 0.15) is 62.7 Å². The predicted octanol–water partition coefficient (Wildman–Crippen LogP) is 8.04. The zero-order valence-electron chi connectivity index (χ0n) is 27.5. The van der Waals surface area contributed by atoms with Crippen molar-refractivity contribution in [1.82, 2.24) is 4.57 Å². The highest BCUT2D eigenvalue weighted by Crippen LogP contribution is 2.27. The monoisotopic (exact) mass is 654 g/mol. The highest BCUT2D eigenvalue weighted by atomic mass is 19.1. The summed E-state index contributed by atoms with van der Waals surface area (Å²) in [6.07, 6.45) is 11.9. The zero-order chi connectivity index (χ0) is 33.9. The number of aromatic nitrogens is 2. The molecule has 0 fully saturated rings. The van der Waals surface area contributed by atoms with Crippen molar-refractivity contribution in [2.45, 2.75) is 58.9 Å². The molecule has 3 aromatic carbocycles. The molecular formula is C39H42F2N3O4+. The number of carbonyl (C=O) groups excluding carboxylic acids is 1. The number of ether oxygens (including phenoxy) is 2. The first kappa shape index (κ1) is 34.3. The van der Waals surface area contributed by atoms with Crippen LogP contribution in [-0.2, 0) is 6.54 Å². The summed E-state index contributed by atoms with van der Waals surface area (Å²) in [7, 11) is 0. The molecule has 0 radical (unpaired) electrons. The standard InChI is InChI=1S/C39H42F2N3O4/c1-3-21-47-33-15-13-14-31(26-33)44-28-36(39(46)43(4-2)32-24-29(40)23-30(41)25-32)38(45)35-17-16-34(27-37(35)44)48-22-12-7-5-6-9-18-42-19-10-8-11-20-42/h8,10-11,13-17,19-20,23-28H,3-7,9,12,18,21-22H2,1-2H3/q+1. The second kappa shape index (κ2) is 16.7. The summed E-state index contributed by atoms with van der Waals surface area (Å²) in [6, 6.07) is 21.6. The molecule has 5 rings (SSSR count). The number of amides is 1. The van der Waals surface area contributed by atoms with Gasteiger partial charge >= 0.3 is 0 Å². The minimum absolute atomic E-state index is 0.0276. The number of halogens is 2. The van der Waals surface area contributed by atoms with Gasteiger partial charge < -0.3 is 18.9 Å². The molecule has 0 bridgehead atoms. The van der Waals surface area contributed by atoms with Crippen molar-refractivity contribution in [2.24, 2.45) is 0 Å². The van der Waals surface area contributed by atoms with Crippen molar-refractivity contribution in [3.63, 3.8) is 0 Å². The summed E-state index contributed by atoms with van der Waals surface area (Å²) in [4.78, 5) is 28.9. The van der Waals surface area contributed by atoms with Crippen LogP contribution in [0.4, 0.5) is 14.5 Å². The number of aryl methyl sites for hydroxylation is 1. The number of pyridine rings is 2. The molecule has 0 unspecified atom stereocenters. The van der Waals surface area contributed by atoms with Gasteiger partial charge in [0.15, 0.2) is 12.4 Å². The van der Waals surface area contributed by atoms with Crippen molar-refractivity contribution in [3.05, 3.63) is 125 Å². The Morgan fingerprint density at radius 2 is 1.50 bits per heavy atom. The maximum atomic E-state index is 14.1. The number of carbonyl (C=O) groups is 1. The van der Waals surface area contributed by atoms with Crippen molar-refractivity contribution in [2.75, 3.05) is 24.7 Å². The second-order valence-electron chi connectivity index (χ2n) is 11.7. The fourth-order valence-electron chi connectivity index (χ4n) is 5.69. The third-order valence-corrected chi connectivity index (χ3v) is 8.10. The fourth-order valence-corrected chi connectivity index (χ4v) is 5.69. The second-order valence-corrected chi connectivity index (χ2v) is 11.7. The van der Waals surface area contributed by atoms with E-state index in [1.165, 1.54) is 11.1 Å². The van der Waals surface area contributed by atoms with E-state index in [2.05, 4.69) is 17.0 Å². The van der Waals surface area contributed by atoms with Gasteiger partial charge in [-0.2, -0.15) is 0 Å². The molecule has 0 aliphatic rings. The molecule has 0 atom stereocenters. The number of unbranched alkanes of at least 4 members (excludes halogenated alkanes) is 4. The number of hydrogen-bond acceptors (Lipinski definition) is 4. The molecule has 0 saturated carbocycles. The average Bonchev–Trinajstić information content (AvgIpc) is 3.09. The average molecular weight is 655 g/mol. The quantitative estimate of drug-likeness (QED) is 0.0798. The van der Waals surface area contributed by atoms with Crippen molar-refractivity contribution < 1.29 is 27.6 Å². The maximum Gasteiger partial charge on any atom is 0.263 e. The van der Waals surface area contributed by atoms with Crippen LogP contribution >= 0.6 is 0 Å². The fraction of sp³-hybridized carbons (Fsp3) is 0.308. The number of hydrogen-bond donors (Lipinski definition) is 0. The molecule has 0 aliphatic heterocycles. The lowest BCUT2D eigenvalue weighted by Crippen LogP contribution is -2.35. The van der Waals surface area contributed by atoms with E-state index in [1.54, 1.807) is 29.7 Å². The van der Waals surface area contributed by atoms with Crippen molar-refractivity contribution >= 4 is 22.5 Å². The first-order chi connectivity index (χ1) is 23.4. The van der Waals surface area contributed by atoms with E-state index in [0.717, 1.165) is 63.3 Å². The molecule has 0 saturated heterocycles. The first-order valence-corrected chi connectivity index (χ1v) is 16.7. The van der Waals surface area contributed by atoms with E-state index in [0.29, 0.717) is 41.3 Å². The maximum absolute atomic E-state index is 14.1. The lowest BCUT2D eigenvalue weighted by atomic mass is 10.1. The number of anilines is 1. The van der Waals surface area contributed by atoms with Crippen LogP contribution in [0.3, 0.4) is 0 Å². The topological polar surface area (TPSA) is 64.6 Å². The van der Waals surface area contributed by atoms with Gasteiger partial charge in [-0.15, -0.1) is 0 Å². The third kappa shape index (κ3) is 8.64. The van der Waals surface area contributed by atoms with Crippen LogP contribution in [0.25, 0.3) is 16.6 Å². The van der Waals surface area contributed by atoms with Crippen LogP contribution < -0.4 is 24.4 Å². The van der Waals surface area contributed by atoms with Gasteiger partial charge in [0, 0.05) is 66.3 Å². The normalized spacial score (nSPS) is 11.1. The van der Waals surface area contributed by atoms with E-state index in [1.807, 2.05) is 49.4 Å². The Bertz CT molecular complexity index is 1870. The highest BCUT2D eigenvalue weighted by molar-refractivity contribution is 6.07. The lowest BCUT2D eigenvalue weighted by molar-refractivity contribution is -0.697. The van der Waals surface area contributed by atoms with E-state index < -0.39 is 23.0 Å². The molecule has 7 nitrogen and oxygen atoms in total. The molecule has 0 aliphatic carbocycles. The Morgan fingerprint density at radius 1 is 0.792 bits per heavy atom. The van der Waals surface area contributed by atoms with Gasteiger partial charge in [0.25, 0.3) is 5.91 Å². The number of benzene rings is 3. The Labute approximate surface area is 280 Å². The van der Waals surface area contributed by atoms with Gasteiger partial charge in [0.05, 0.1) is 18.7 Å². The Balaban J connectivity index is 1.39. The highest BCUT2D eigenvalue weighted by Gasteiger charge is 2.23. The van der Waals surface area contributed by atoms with E-state index >= 15 is 0 Å². The third-order valence-electron chi connectivity index (χ3n) is 8.10. The predicted molar refractivity (Wildman–Crippen MR) is 184 cm³/mol. The SMILES string of the molecule is CCCOc1cccc(-n2cc(C(=O)N(CC)c3cc(F)cc(F)c3)c(=O)c3ccc(OCCCCCCC[n+]4ccccc4)cc32)c1. The van der Waals surface area contributed by atoms with Gasteiger partial charge in [0.1, 0.15) is 35.2 Å². The van der Waals surface area contributed by atoms with Crippen LogP contribution in [0.15, 0.2) is 102 Å². The summed E-state index contributed by atoms with van der Waals surface area (Å²) in [5.74, 6) is -1.03. The van der Waals surface area contributed by atoms with Crippen molar-refractivity contribution in [1.29, 1.82) is 0 Å². The van der Waals surface area contributed by atoms with Crippen LogP contribution in [0.2, 0.25) is 0 Å². The molecule has 1 amide bonds.